The van der Waals surface area contributed by atoms with Crippen molar-refractivity contribution in [1.82, 2.24) is 14.7 Å². The minimum atomic E-state index is -2.40. The van der Waals surface area contributed by atoms with E-state index in [0.717, 1.165) is 10.5 Å². The van der Waals surface area contributed by atoms with Crippen molar-refractivity contribution >= 4 is 29.5 Å². The van der Waals surface area contributed by atoms with Crippen LogP contribution in [0.2, 0.25) is 0 Å². The summed E-state index contributed by atoms with van der Waals surface area (Å²) in [6.07, 6.45) is -7.07. The number of ether oxygens (including phenoxy) is 8. The molecule has 0 spiro atoms. The second-order valence-electron chi connectivity index (χ2n) is 16.6. The number of morpholine rings is 1. The first kappa shape index (κ1) is 44.9. The minimum absolute atomic E-state index is 0.00154. The van der Waals surface area contributed by atoms with E-state index >= 15 is 0 Å². The Balaban J connectivity index is 1.03. The number of rotatable bonds is 12. The highest BCUT2D eigenvalue weighted by Crippen LogP contribution is 2.53. The molecule has 3 aromatic rings. The summed E-state index contributed by atoms with van der Waals surface area (Å²) in [7, 11) is 5.76. The van der Waals surface area contributed by atoms with E-state index < -0.39 is 114 Å². The Labute approximate surface area is 368 Å². The van der Waals surface area contributed by atoms with E-state index in [4.69, 9.17) is 37.9 Å². The summed E-state index contributed by atoms with van der Waals surface area (Å²) >= 11 is 0. The van der Waals surface area contributed by atoms with E-state index in [1.54, 1.807) is 6.92 Å². The normalized spacial score (nSPS) is 27.0. The van der Waals surface area contributed by atoms with Gasteiger partial charge in [-0.15, -0.1) is 0 Å². The van der Waals surface area contributed by atoms with Crippen LogP contribution in [0.1, 0.15) is 74.4 Å². The van der Waals surface area contributed by atoms with E-state index in [-0.39, 0.29) is 60.2 Å². The van der Waals surface area contributed by atoms with E-state index in [0.29, 0.717) is 13.2 Å². The van der Waals surface area contributed by atoms with Gasteiger partial charge in [0.15, 0.2) is 31.2 Å². The molecule has 8 atom stereocenters. The van der Waals surface area contributed by atoms with Crippen LogP contribution in [-0.4, -0.2) is 163 Å². The molecule has 64 heavy (non-hydrogen) atoms. The van der Waals surface area contributed by atoms with Crippen LogP contribution < -0.4 is 4.74 Å². The lowest BCUT2D eigenvalue weighted by Crippen LogP contribution is -2.55. The van der Waals surface area contributed by atoms with Gasteiger partial charge < -0.3 is 63.0 Å². The average molecular weight is 890 g/mol. The number of phenols is 2. The number of benzene rings is 3. The molecule has 2 aliphatic carbocycles. The summed E-state index contributed by atoms with van der Waals surface area (Å²) in [5.74, 6) is -3.90. The van der Waals surface area contributed by atoms with Crippen molar-refractivity contribution < 1.29 is 77.2 Å². The predicted molar refractivity (Wildman–Crippen MR) is 220 cm³/mol. The standard InChI is InChI=1S/C45H51N3O16/c1-23-40-27(48-16-17-59-42(58-5)41(48)64-40)18-31(62-23)63-29-20-45(56,30(49)22-61-44(55)47(3)15-14-46(2)43(54)60-21-24-10-7-6-8-11-24)19-26-33(29)39(53)35-34(37(26)51)36(50)25-12-9-13-28(57-4)32(25)38(35)52/h6-13,23,27,29,31,40-42,51,53,56H,14-22H2,1-5H3/t23-,27-,29-,31?,40+,41+,42-,45-/m0/s1. The molecule has 3 heterocycles. The molecule has 0 aromatic heterocycles. The number of aliphatic hydroxyl groups is 1. The summed E-state index contributed by atoms with van der Waals surface area (Å²) in [5.41, 5.74) is -3.13. The number of carbonyl (C=O) groups excluding carboxylic acids is 5. The fourth-order valence-electron chi connectivity index (χ4n) is 9.23. The lowest BCUT2D eigenvalue weighted by molar-refractivity contribution is -0.256. The number of methoxy groups -OCH3 is 2. The molecule has 0 bridgehead atoms. The number of carbonyl (C=O) groups is 5. The molecule has 19 nitrogen and oxygen atoms in total. The lowest BCUT2D eigenvalue weighted by Gasteiger charge is -2.43. The second kappa shape index (κ2) is 18.1. The summed E-state index contributed by atoms with van der Waals surface area (Å²) in [6, 6.07) is 13.3. The van der Waals surface area contributed by atoms with Crippen LogP contribution in [0.4, 0.5) is 9.59 Å². The zero-order valence-electron chi connectivity index (χ0n) is 36.0. The smallest absolute Gasteiger partial charge is 0.409 e. The maximum absolute atomic E-state index is 14.2. The Hall–Kier alpha value is -5.67. The Morgan fingerprint density at radius 1 is 0.891 bits per heavy atom. The molecule has 3 aliphatic heterocycles. The highest BCUT2D eigenvalue weighted by molar-refractivity contribution is 6.31. The largest absolute Gasteiger partial charge is 0.507 e. The molecule has 2 amide bonds. The lowest BCUT2D eigenvalue weighted by atomic mass is 9.72. The molecule has 5 aliphatic rings. The Kier molecular flexibility index (Phi) is 12.7. The number of phenolic OH excluding ortho intramolecular Hbond substituents is 2. The van der Waals surface area contributed by atoms with Crippen molar-refractivity contribution in [1.29, 1.82) is 0 Å². The Morgan fingerprint density at radius 2 is 1.59 bits per heavy atom. The number of fused-ring (bicyclic) bond motifs is 6. The molecule has 0 saturated carbocycles. The van der Waals surface area contributed by atoms with Gasteiger partial charge in [0.1, 0.15) is 35.6 Å². The molecule has 8 rings (SSSR count). The summed E-state index contributed by atoms with van der Waals surface area (Å²) < 4.78 is 46.5. The Morgan fingerprint density at radius 3 is 2.30 bits per heavy atom. The second-order valence-corrected chi connectivity index (χ2v) is 16.6. The van der Waals surface area contributed by atoms with Crippen molar-refractivity contribution in [3.05, 3.63) is 87.5 Å². The number of Topliss-reactive ketones (excluding diaryl/α,β-unsaturated/α-hetero) is 1. The fraction of sp³-hybridized carbons (Fsp3) is 0.489. The number of amides is 2. The average Bonchev–Trinajstić information content (AvgIpc) is 3.68. The first-order valence-electron chi connectivity index (χ1n) is 20.9. The summed E-state index contributed by atoms with van der Waals surface area (Å²) in [6.45, 7) is 1.92. The van der Waals surface area contributed by atoms with Crippen LogP contribution in [0.5, 0.6) is 17.2 Å². The van der Waals surface area contributed by atoms with Gasteiger partial charge in [0, 0.05) is 82.8 Å². The number of hydrogen-bond donors (Lipinski definition) is 3. The highest BCUT2D eigenvalue weighted by atomic mass is 16.7. The van der Waals surface area contributed by atoms with Crippen molar-refractivity contribution in [2.75, 3.05) is 61.2 Å². The third kappa shape index (κ3) is 8.16. The molecule has 1 unspecified atom stereocenters. The highest BCUT2D eigenvalue weighted by Gasteiger charge is 2.55. The third-order valence-corrected chi connectivity index (χ3v) is 12.6. The zero-order valence-corrected chi connectivity index (χ0v) is 36.0. The number of ketones is 3. The molecule has 3 N–H and O–H groups in total. The molecule has 3 fully saturated rings. The Bertz CT molecular complexity index is 2330. The molecule has 3 saturated heterocycles. The van der Waals surface area contributed by atoms with Crippen molar-refractivity contribution in [3.63, 3.8) is 0 Å². The monoisotopic (exact) mass is 889 g/mol. The number of likely N-dealkylation sites (N-methyl/N-ethyl adjacent to an activating group) is 2. The molecule has 0 radical (unpaired) electrons. The molecule has 19 heteroatoms. The third-order valence-electron chi connectivity index (χ3n) is 12.6. The van der Waals surface area contributed by atoms with Gasteiger partial charge in [0.05, 0.1) is 42.6 Å². The first-order chi connectivity index (χ1) is 30.6. The zero-order chi connectivity index (χ0) is 45.6. The van der Waals surface area contributed by atoms with Crippen molar-refractivity contribution in [3.8, 4) is 17.2 Å². The number of nitrogens with zero attached hydrogens (tertiary/aromatic N) is 3. The van der Waals surface area contributed by atoms with Crippen LogP contribution in [0.15, 0.2) is 48.5 Å². The maximum Gasteiger partial charge on any atom is 0.409 e. The topological polar surface area (TPSA) is 230 Å². The van der Waals surface area contributed by atoms with Gasteiger partial charge >= 0.3 is 12.2 Å². The summed E-state index contributed by atoms with van der Waals surface area (Å²) in [5, 5.41) is 36.3. The molecule has 3 aromatic carbocycles. The van der Waals surface area contributed by atoms with Gasteiger partial charge in [-0.2, -0.15) is 0 Å². The minimum Gasteiger partial charge on any atom is -0.507 e. The van der Waals surface area contributed by atoms with Gasteiger partial charge in [-0.25, -0.2) is 9.59 Å². The summed E-state index contributed by atoms with van der Waals surface area (Å²) in [4.78, 5) is 72.5. The van der Waals surface area contributed by atoms with Crippen LogP contribution in [-0.2, 0) is 51.0 Å². The number of aromatic hydroxyl groups is 2. The van der Waals surface area contributed by atoms with E-state index in [1.807, 2.05) is 30.3 Å². The molecular weight excluding hydrogens is 838 g/mol. The van der Waals surface area contributed by atoms with Gasteiger partial charge in [-0.1, -0.05) is 42.5 Å². The molecule has 342 valence electrons. The molecular formula is C45H51N3O16. The fourth-order valence-corrected chi connectivity index (χ4v) is 9.23. The van der Waals surface area contributed by atoms with E-state index in [9.17, 15) is 39.3 Å². The maximum atomic E-state index is 14.2. The SMILES string of the molecule is COc1cccc2c1C(=O)c1c(O)c3c(c(O)c1C2=O)C[C@@](O)(C(=O)COC(=O)N(C)CCN(C)C(=O)OCc1ccccc1)C[C@@H]3OC1C[C@H]2[C@H](O[C@@H]3[C@@H](OC)OCCN32)[C@H](C)O1. The van der Waals surface area contributed by atoms with Crippen LogP contribution in [0, 0.1) is 0 Å². The number of hydrogen-bond acceptors (Lipinski definition) is 17. The van der Waals surface area contributed by atoms with Crippen LogP contribution in [0.3, 0.4) is 0 Å². The van der Waals surface area contributed by atoms with Gasteiger partial charge in [-0.3, -0.25) is 19.3 Å². The van der Waals surface area contributed by atoms with Gasteiger partial charge in [-0.05, 0) is 18.6 Å². The van der Waals surface area contributed by atoms with Crippen LogP contribution in [0.25, 0.3) is 0 Å². The first-order valence-corrected chi connectivity index (χ1v) is 20.9. The van der Waals surface area contributed by atoms with Crippen LogP contribution >= 0.6 is 0 Å². The van der Waals surface area contributed by atoms with Gasteiger partial charge in [0.25, 0.3) is 0 Å². The van der Waals surface area contributed by atoms with E-state index in [1.165, 1.54) is 51.4 Å². The van der Waals surface area contributed by atoms with Gasteiger partial charge in [0.2, 0.25) is 11.6 Å². The van der Waals surface area contributed by atoms with E-state index in [2.05, 4.69) is 4.90 Å². The van der Waals surface area contributed by atoms with Crippen molar-refractivity contribution in [2.24, 2.45) is 0 Å². The predicted octanol–water partition coefficient (Wildman–Crippen LogP) is 3.06. The quantitative estimate of drug-likeness (QED) is 0.174. The van der Waals surface area contributed by atoms with Crippen molar-refractivity contribution in [2.45, 2.75) is 81.6 Å².